The highest BCUT2D eigenvalue weighted by Crippen LogP contribution is 2.19. The Morgan fingerprint density at radius 2 is 1.52 bits per heavy atom. The van der Waals surface area contributed by atoms with E-state index in [-0.39, 0.29) is 11.0 Å². The third kappa shape index (κ3) is 4.99. The number of thiocarbonyl (C=S) groups is 1. The quantitative estimate of drug-likeness (QED) is 0.374. The molecule has 0 aliphatic rings. The lowest BCUT2D eigenvalue weighted by atomic mass is 10.0. The number of carbonyl (C=O) groups is 2. The Bertz CT molecular complexity index is 1010. The molecule has 134 valence electrons. The molecular weight excluding hydrogens is 358 g/mol. The number of benzene rings is 3. The van der Waals surface area contributed by atoms with Gasteiger partial charge in [-0.2, -0.15) is 0 Å². The largest absolute Gasteiger partial charge is 0.298 e. The molecule has 5 nitrogen and oxygen atoms in total. The van der Waals surface area contributed by atoms with E-state index in [0.717, 1.165) is 16.3 Å². The van der Waals surface area contributed by atoms with Crippen molar-refractivity contribution in [3.8, 4) is 0 Å². The molecule has 0 saturated carbocycles. The van der Waals surface area contributed by atoms with Gasteiger partial charge in [0.15, 0.2) is 5.11 Å². The summed E-state index contributed by atoms with van der Waals surface area (Å²) in [6.45, 7) is 0. The van der Waals surface area contributed by atoms with Crippen molar-refractivity contribution < 1.29 is 9.59 Å². The van der Waals surface area contributed by atoms with Crippen molar-refractivity contribution in [1.82, 2.24) is 16.2 Å². The fourth-order valence-corrected chi connectivity index (χ4v) is 2.67. The zero-order valence-corrected chi connectivity index (χ0v) is 15.1. The van der Waals surface area contributed by atoms with Crippen molar-refractivity contribution in [2.75, 3.05) is 0 Å². The lowest BCUT2D eigenvalue weighted by Gasteiger charge is -2.09. The van der Waals surface area contributed by atoms with Crippen LogP contribution in [0.5, 0.6) is 0 Å². The molecule has 0 unspecified atom stereocenters. The summed E-state index contributed by atoms with van der Waals surface area (Å²) >= 11 is 5.01. The van der Waals surface area contributed by atoms with E-state index in [2.05, 4.69) is 16.2 Å². The monoisotopic (exact) mass is 375 g/mol. The zero-order valence-electron chi connectivity index (χ0n) is 14.3. The number of hydrogen-bond donors (Lipinski definition) is 3. The SMILES string of the molecule is O=C(/C=C/c1cccc2ccccc12)NC(=S)NNC(=O)c1ccccc1. The Hall–Kier alpha value is -3.51. The molecule has 2 amide bonds. The first-order valence-corrected chi connectivity index (χ1v) is 8.66. The highest BCUT2D eigenvalue weighted by atomic mass is 32.1. The summed E-state index contributed by atoms with van der Waals surface area (Å²) in [7, 11) is 0. The highest BCUT2D eigenvalue weighted by Gasteiger charge is 2.06. The first-order chi connectivity index (χ1) is 13.1. The van der Waals surface area contributed by atoms with Gasteiger partial charge in [-0.05, 0) is 46.8 Å². The second-order valence-electron chi connectivity index (χ2n) is 5.67. The van der Waals surface area contributed by atoms with Crippen molar-refractivity contribution in [2.24, 2.45) is 0 Å². The van der Waals surface area contributed by atoms with Gasteiger partial charge in [0.1, 0.15) is 0 Å². The smallest absolute Gasteiger partial charge is 0.269 e. The number of fused-ring (bicyclic) bond motifs is 1. The normalized spacial score (nSPS) is 10.5. The Kier molecular flexibility index (Phi) is 5.91. The van der Waals surface area contributed by atoms with E-state index >= 15 is 0 Å². The third-order valence-electron chi connectivity index (χ3n) is 3.80. The molecule has 0 saturated heterocycles. The van der Waals surface area contributed by atoms with Crippen LogP contribution in [-0.4, -0.2) is 16.9 Å². The van der Waals surface area contributed by atoms with Gasteiger partial charge < -0.3 is 0 Å². The molecule has 3 rings (SSSR count). The van der Waals surface area contributed by atoms with Crippen LogP contribution in [0.3, 0.4) is 0 Å². The summed E-state index contributed by atoms with van der Waals surface area (Å²) in [6.07, 6.45) is 3.12. The summed E-state index contributed by atoms with van der Waals surface area (Å²) < 4.78 is 0. The number of amides is 2. The van der Waals surface area contributed by atoms with Crippen molar-refractivity contribution in [1.29, 1.82) is 0 Å². The molecular formula is C21H17N3O2S. The van der Waals surface area contributed by atoms with Crippen LogP contribution in [0.4, 0.5) is 0 Å². The van der Waals surface area contributed by atoms with Gasteiger partial charge >= 0.3 is 0 Å². The van der Waals surface area contributed by atoms with Gasteiger partial charge in [-0.15, -0.1) is 0 Å². The van der Waals surface area contributed by atoms with Crippen LogP contribution in [-0.2, 0) is 4.79 Å². The van der Waals surface area contributed by atoms with Crippen molar-refractivity contribution >= 4 is 46.0 Å². The molecule has 0 spiro atoms. The molecule has 6 heteroatoms. The minimum absolute atomic E-state index is 0.00634. The summed E-state index contributed by atoms with van der Waals surface area (Å²) in [6, 6.07) is 22.5. The maximum atomic E-state index is 12.0. The third-order valence-corrected chi connectivity index (χ3v) is 4.00. The predicted molar refractivity (Wildman–Crippen MR) is 111 cm³/mol. The van der Waals surface area contributed by atoms with Crippen LogP contribution >= 0.6 is 12.2 Å². The van der Waals surface area contributed by atoms with Gasteiger partial charge in [0.2, 0.25) is 5.91 Å². The molecule has 0 atom stereocenters. The maximum absolute atomic E-state index is 12.0. The molecule has 0 aliphatic heterocycles. The lowest BCUT2D eigenvalue weighted by Crippen LogP contribution is -2.48. The van der Waals surface area contributed by atoms with E-state index in [0.29, 0.717) is 5.56 Å². The standard InChI is InChI=1S/C21H17N3O2S/c25-19(14-13-16-11-6-10-15-7-4-5-12-18(15)16)22-21(27)24-23-20(26)17-8-2-1-3-9-17/h1-14H,(H,23,26)(H2,22,24,25,27)/b14-13+. The lowest BCUT2D eigenvalue weighted by molar-refractivity contribution is -0.115. The Balaban J connectivity index is 1.55. The van der Waals surface area contributed by atoms with E-state index in [1.165, 1.54) is 6.08 Å². The minimum atomic E-state index is -0.394. The molecule has 3 N–H and O–H groups in total. The number of rotatable bonds is 3. The molecule has 0 aliphatic carbocycles. The van der Waals surface area contributed by atoms with E-state index in [1.54, 1.807) is 30.3 Å². The highest BCUT2D eigenvalue weighted by molar-refractivity contribution is 7.80. The van der Waals surface area contributed by atoms with Crippen LogP contribution in [0.15, 0.2) is 78.9 Å². The number of hydrazine groups is 1. The van der Waals surface area contributed by atoms with Crippen LogP contribution in [0.1, 0.15) is 15.9 Å². The number of carbonyl (C=O) groups excluding carboxylic acids is 2. The fraction of sp³-hybridized carbons (Fsp3) is 0. The Labute approximate surface area is 162 Å². The van der Waals surface area contributed by atoms with E-state index in [1.807, 2.05) is 48.5 Å². The van der Waals surface area contributed by atoms with Gasteiger partial charge in [0.25, 0.3) is 5.91 Å². The first-order valence-electron chi connectivity index (χ1n) is 8.26. The molecule has 0 aromatic heterocycles. The molecule has 0 bridgehead atoms. The number of hydrogen-bond acceptors (Lipinski definition) is 3. The van der Waals surface area contributed by atoms with Crippen molar-refractivity contribution in [3.05, 3.63) is 90.0 Å². The van der Waals surface area contributed by atoms with Gasteiger partial charge in [0, 0.05) is 11.6 Å². The van der Waals surface area contributed by atoms with E-state index in [4.69, 9.17) is 12.2 Å². The van der Waals surface area contributed by atoms with E-state index < -0.39 is 5.91 Å². The summed E-state index contributed by atoms with van der Waals surface area (Å²) in [4.78, 5) is 23.9. The predicted octanol–water partition coefficient (Wildman–Crippen LogP) is 3.19. The van der Waals surface area contributed by atoms with Gasteiger partial charge in [-0.1, -0.05) is 60.7 Å². The average Bonchev–Trinajstić information content (AvgIpc) is 2.71. The van der Waals surface area contributed by atoms with Gasteiger partial charge in [0.05, 0.1) is 0 Å². The molecule has 0 heterocycles. The molecule has 3 aromatic rings. The van der Waals surface area contributed by atoms with Crippen LogP contribution in [0.2, 0.25) is 0 Å². The van der Waals surface area contributed by atoms with Crippen LogP contribution in [0.25, 0.3) is 16.8 Å². The topological polar surface area (TPSA) is 70.2 Å². The van der Waals surface area contributed by atoms with Gasteiger partial charge in [-0.3, -0.25) is 25.8 Å². The summed E-state index contributed by atoms with van der Waals surface area (Å²) in [5, 5.41) is 4.64. The van der Waals surface area contributed by atoms with Crippen molar-refractivity contribution in [3.63, 3.8) is 0 Å². The second-order valence-corrected chi connectivity index (χ2v) is 6.07. The van der Waals surface area contributed by atoms with Crippen LogP contribution < -0.4 is 16.2 Å². The molecule has 0 radical (unpaired) electrons. The minimum Gasteiger partial charge on any atom is -0.298 e. The average molecular weight is 375 g/mol. The molecule has 3 aromatic carbocycles. The first kappa shape index (κ1) is 18.3. The Morgan fingerprint density at radius 3 is 2.33 bits per heavy atom. The van der Waals surface area contributed by atoms with Gasteiger partial charge in [-0.25, -0.2) is 0 Å². The summed E-state index contributed by atoms with van der Waals surface area (Å²) in [5.41, 5.74) is 6.35. The fourth-order valence-electron chi connectivity index (χ4n) is 2.52. The number of nitrogens with one attached hydrogen (secondary N) is 3. The zero-order chi connectivity index (χ0) is 19.1. The molecule has 0 fully saturated rings. The van der Waals surface area contributed by atoms with Crippen molar-refractivity contribution in [2.45, 2.75) is 0 Å². The molecule has 27 heavy (non-hydrogen) atoms. The maximum Gasteiger partial charge on any atom is 0.269 e. The Morgan fingerprint density at radius 1 is 0.815 bits per heavy atom. The summed E-state index contributed by atoms with van der Waals surface area (Å²) in [5.74, 6) is -0.743. The van der Waals surface area contributed by atoms with Crippen LogP contribution in [0, 0.1) is 0 Å². The second kappa shape index (κ2) is 8.73. The van der Waals surface area contributed by atoms with E-state index in [9.17, 15) is 9.59 Å².